The van der Waals surface area contributed by atoms with E-state index in [2.05, 4.69) is 17.1 Å². The Labute approximate surface area is 103 Å². The van der Waals surface area contributed by atoms with E-state index in [9.17, 15) is 9.90 Å². The van der Waals surface area contributed by atoms with Gasteiger partial charge in [-0.25, -0.2) is 0 Å². The van der Waals surface area contributed by atoms with Crippen LogP contribution in [0.5, 0.6) is 0 Å². The number of hydrogen-bond acceptors (Lipinski definition) is 3. The van der Waals surface area contributed by atoms with Crippen LogP contribution in [-0.4, -0.2) is 47.7 Å². The average molecular weight is 240 g/mol. The monoisotopic (exact) mass is 240 g/mol. The van der Waals surface area contributed by atoms with Crippen molar-refractivity contribution in [3.05, 3.63) is 0 Å². The Morgan fingerprint density at radius 2 is 2.06 bits per heavy atom. The van der Waals surface area contributed by atoms with Crippen molar-refractivity contribution in [3.63, 3.8) is 0 Å². The first-order valence-electron chi connectivity index (χ1n) is 6.79. The molecule has 2 N–H and O–H groups in total. The van der Waals surface area contributed by atoms with E-state index >= 15 is 0 Å². The second-order valence-corrected chi connectivity index (χ2v) is 5.81. The summed E-state index contributed by atoms with van der Waals surface area (Å²) >= 11 is 0. The lowest BCUT2D eigenvalue weighted by Gasteiger charge is -2.37. The number of carbonyl (C=O) groups is 1. The van der Waals surface area contributed by atoms with Gasteiger partial charge in [-0.3, -0.25) is 9.69 Å². The smallest absolute Gasteiger partial charge is 0.234 e. The van der Waals surface area contributed by atoms with Crippen LogP contribution in [0.25, 0.3) is 0 Å². The Hall–Kier alpha value is -0.610. The lowest BCUT2D eigenvalue weighted by atomic mass is 9.80. The van der Waals surface area contributed by atoms with Gasteiger partial charge in [0.05, 0.1) is 12.1 Å². The number of aliphatic hydroxyl groups is 1. The van der Waals surface area contributed by atoms with Crippen molar-refractivity contribution < 1.29 is 9.90 Å². The van der Waals surface area contributed by atoms with Crippen LogP contribution in [0, 0.1) is 5.92 Å². The van der Waals surface area contributed by atoms with E-state index < -0.39 is 5.60 Å². The van der Waals surface area contributed by atoms with Crippen LogP contribution < -0.4 is 5.32 Å². The van der Waals surface area contributed by atoms with Gasteiger partial charge in [0.25, 0.3) is 0 Å². The lowest BCUT2D eigenvalue weighted by Crippen LogP contribution is -2.50. The minimum absolute atomic E-state index is 0.0554. The highest BCUT2D eigenvalue weighted by Gasteiger charge is 2.34. The van der Waals surface area contributed by atoms with Gasteiger partial charge in [0.2, 0.25) is 5.91 Å². The number of piperidine rings is 1. The van der Waals surface area contributed by atoms with E-state index in [0.717, 1.165) is 38.3 Å². The molecule has 0 radical (unpaired) electrons. The third-order valence-corrected chi connectivity index (χ3v) is 4.14. The highest BCUT2D eigenvalue weighted by atomic mass is 16.3. The molecular formula is C13H24N2O2. The third kappa shape index (κ3) is 3.68. The summed E-state index contributed by atoms with van der Waals surface area (Å²) in [5, 5.41) is 12.7. The van der Waals surface area contributed by atoms with Crippen molar-refractivity contribution in [1.29, 1.82) is 0 Å². The number of rotatable bonds is 4. The molecule has 0 atom stereocenters. The topological polar surface area (TPSA) is 52.6 Å². The van der Waals surface area contributed by atoms with Gasteiger partial charge in [-0.15, -0.1) is 0 Å². The fraction of sp³-hybridized carbons (Fsp3) is 0.923. The standard InChI is InChI=1S/C13H24N2O2/c1-11-3-7-15(8-4-11)9-12(16)14-10-13(17)5-2-6-13/h11,17H,2-10H2,1H3,(H,14,16). The zero-order valence-corrected chi connectivity index (χ0v) is 10.7. The number of nitrogens with one attached hydrogen (secondary N) is 1. The summed E-state index contributed by atoms with van der Waals surface area (Å²) in [7, 11) is 0. The van der Waals surface area contributed by atoms with Gasteiger partial charge in [0.1, 0.15) is 0 Å². The molecule has 1 heterocycles. The molecule has 1 aliphatic carbocycles. The summed E-state index contributed by atoms with van der Waals surface area (Å²) in [5.41, 5.74) is -0.605. The lowest BCUT2D eigenvalue weighted by molar-refractivity contribution is -0.125. The summed E-state index contributed by atoms with van der Waals surface area (Å²) in [6, 6.07) is 0. The molecule has 4 heteroatoms. The molecule has 0 unspecified atom stereocenters. The van der Waals surface area contributed by atoms with Crippen LogP contribution in [0.15, 0.2) is 0 Å². The van der Waals surface area contributed by atoms with E-state index in [1.54, 1.807) is 0 Å². The summed E-state index contributed by atoms with van der Waals surface area (Å²) in [4.78, 5) is 13.9. The van der Waals surface area contributed by atoms with E-state index in [0.29, 0.717) is 13.1 Å². The van der Waals surface area contributed by atoms with Gasteiger partial charge < -0.3 is 10.4 Å². The van der Waals surface area contributed by atoms with Crippen molar-refractivity contribution in [2.75, 3.05) is 26.2 Å². The van der Waals surface area contributed by atoms with Crippen molar-refractivity contribution in [2.45, 2.75) is 44.6 Å². The van der Waals surface area contributed by atoms with Gasteiger partial charge >= 0.3 is 0 Å². The van der Waals surface area contributed by atoms with Crippen LogP contribution in [0.4, 0.5) is 0 Å². The fourth-order valence-electron chi connectivity index (χ4n) is 2.50. The molecule has 0 aromatic rings. The third-order valence-electron chi connectivity index (χ3n) is 4.14. The highest BCUT2D eigenvalue weighted by molar-refractivity contribution is 5.78. The number of likely N-dealkylation sites (tertiary alicyclic amines) is 1. The summed E-state index contributed by atoms with van der Waals surface area (Å²) < 4.78 is 0. The Kier molecular flexibility index (Phi) is 4.05. The van der Waals surface area contributed by atoms with Gasteiger partial charge in [-0.2, -0.15) is 0 Å². The maximum Gasteiger partial charge on any atom is 0.234 e. The molecule has 2 rings (SSSR count). The fourth-order valence-corrected chi connectivity index (χ4v) is 2.50. The Morgan fingerprint density at radius 3 is 2.59 bits per heavy atom. The van der Waals surface area contributed by atoms with Crippen molar-refractivity contribution in [3.8, 4) is 0 Å². The first-order chi connectivity index (χ1) is 8.07. The van der Waals surface area contributed by atoms with Crippen LogP contribution in [0.1, 0.15) is 39.0 Å². The zero-order valence-electron chi connectivity index (χ0n) is 10.7. The second kappa shape index (κ2) is 5.36. The molecule has 0 aromatic heterocycles. The van der Waals surface area contributed by atoms with Crippen LogP contribution in [0.3, 0.4) is 0 Å². The quantitative estimate of drug-likeness (QED) is 0.762. The SMILES string of the molecule is CC1CCN(CC(=O)NCC2(O)CCC2)CC1. The minimum atomic E-state index is -0.605. The molecule has 1 saturated carbocycles. The van der Waals surface area contributed by atoms with Crippen molar-refractivity contribution in [1.82, 2.24) is 10.2 Å². The Morgan fingerprint density at radius 1 is 1.41 bits per heavy atom. The summed E-state index contributed by atoms with van der Waals surface area (Å²) in [6.45, 7) is 5.24. The van der Waals surface area contributed by atoms with E-state index in [1.807, 2.05) is 0 Å². The number of amides is 1. The van der Waals surface area contributed by atoms with Gasteiger partial charge in [-0.1, -0.05) is 6.92 Å². The Bertz CT molecular complexity index is 269. The molecule has 4 nitrogen and oxygen atoms in total. The largest absolute Gasteiger partial charge is 0.388 e. The second-order valence-electron chi connectivity index (χ2n) is 5.81. The first kappa shape index (κ1) is 12.8. The van der Waals surface area contributed by atoms with Crippen LogP contribution >= 0.6 is 0 Å². The first-order valence-corrected chi connectivity index (χ1v) is 6.79. The number of hydrogen-bond donors (Lipinski definition) is 2. The minimum Gasteiger partial charge on any atom is -0.388 e. The molecule has 0 aromatic carbocycles. The summed E-state index contributed by atoms with van der Waals surface area (Å²) in [6.07, 6.45) is 5.12. The average Bonchev–Trinajstić information content (AvgIpc) is 2.27. The van der Waals surface area contributed by atoms with Gasteiger partial charge in [0, 0.05) is 6.54 Å². The normalized spacial score (nSPS) is 25.3. The molecule has 2 aliphatic rings. The van der Waals surface area contributed by atoms with Crippen LogP contribution in [0.2, 0.25) is 0 Å². The molecule has 0 bridgehead atoms. The molecule has 98 valence electrons. The molecule has 1 aliphatic heterocycles. The van der Waals surface area contributed by atoms with Crippen LogP contribution in [-0.2, 0) is 4.79 Å². The van der Waals surface area contributed by atoms with E-state index in [4.69, 9.17) is 0 Å². The molecule has 17 heavy (non-hydrogen) atoms. The maximum absolute atomic E-state index is 11.7. The number of carbonyl (C=O) groups excluding carboxylic acids is 1. The van der Waals surface area contributed by atoms with Crippen molar-refractivity contribution in [2.24, 2.45) is 5.92 Å². The molecule has 0 spiro atoms. The predicted molar refractivity (Wildman–Crippen MR) is 66.6 cm³/mol. The van der Waals surface area contributed by atoms with E-state index in [1.165, 1.54) is 12.8 Å². The molecule has 1 amide bonds. The van der Waals surface area contributed by atoms with Crippen molar-refractivity contribution >= 4 is 5.91 Å². The zero-order chi connectivity index (χ0) is 12.3. The molecular weight excluding hydrogens is 216 g/mol. The highest BCUT2D eigenvalue weighted by Crippen LogP contribution is 2.30. The van der Waals surface area contributed by atoms with Gasteiger partial charge in [0.15, 0.2) is 0 Å². The predicted octanol–water partition coefficient (Wildman–Crippen LogP) is 0.749. The van der Waals surface area contributed by atoms with E-state index in [-0.39, 0.29) is 5.91 Å². The molecule has 2 fully saturated rings. The van der Waals surface area contributed by atoms with Gasteiger partial charge in [-0.05, 0) is 51.1 Å². The molecule has 1 saturated heterocycles. The number of nitrogens with zero attached hydrogens (tertiary/aromatic N) is 1. The maximum atomic E-state index is 11.7. The summed E-state index contributed by atoms with van der Waals surface area (Å²) in [5.74, 6) is 0.852. The Balaban J connectivity index is 1.63.